The van der Waals surface area contributed by atoms with Crippen LogP contribution in [0.2, 0.25) is 0 Å². The molecule has 2 fully saturated rings. The Morgan fingerprint density at radius 2 is 2.00 bits per heavy atom. The molecular weight excluding hydrogens is 376 g/mol. The number of amides is 4. The molecule has 0 spiro atoms. The van der Waals surface area contributed by atoms with Crippen molar-refractivity contribution in [2.24, 2.45) is 0 Å². The van der Waals surface area contributed by atoms with Crippen molar-refractivity contribution in [1.29, 1.82) is 0 Å². The molecule has 9 nitrogen and oxygen atoms in total. The molecule has 0 aliphatic carbocycles. The molecule has 3 heterocycles. The fourth-order valence-corrected chi connectivity index (χ4v) is 4.30. The Bertz CT molecular complexity index is 868. The summed E-state index contributed by atoms with van der Waals surface area (Å²) in [6.45, 7) is 3.51. The van der Waals surface area contributed by atoms with Crippen LogP contribution in [0.4, 0.5) is 0 Å². The minimum Gasteiger partial charge on any atom is -0.383 e. The number of carbonyl (C=O) groups is 4. The van der Waals surface area contributed by atoms with Gasteiger partial charge in [-0.1, -0.05) is 12.1 Å². The number of fused-ring (bicyclic) bond motifs is 1. The van der Waals surface area contributed by atoms with Crippen LogP contribution in [0.1, 0.15) is 39.1 Å². The molecule has 2 saturated heterocycles. The number of methoxy groups -OCH3 is 1. The topological polar surface area (TPSA) is 108 Å². The Kier molecular flexibility index (Phi) is 5.44. The van der Waals surface area contributed by atoms with Crippen molar-refractivity contribution < 1.29 is 23.9 Å². The second-order valence-corrected chi connectivity index (χ2v) is 7.57. The van der Waals surface area contributed by atoms with Crippen molar-refractivity contribution in [3.8, 4) is 0 Å². The molecule has 154 valence electrons. The van der Waals surface area contributed by atoms with Crippen molar-refractivity contribution in [2.45, 2.75) is 31.5 Å². The first kappa shape index (κ1) is 19.7. The normalized spacial score (nSPS) is 25.3. The lowest BCUT2D eigenvalue weighted by Gasteiger charge is -2.36. The Hall–Kier alpha value is -2.62. The lowest BCUT2D eigenvalue weighted by molar-refractivity contribution is -0.136. The number of nitrogens with one attached hydrogen (secondary N) is 2. The van der Waals surface area contributed by atoms with E-state index in [1.807, 2.05) is 6.07 Å². The molecule has 9 heteroatoms. The van der Waals surface area contributed by atoms with E-state index in [9.17, 15) is 19.2 Å². The van der Waals surface area contributed by atoms with Crippen LogP contribution in [0.3, 0.4) is 0 Å². The predicted molar refractivity (Wildman–Crippen MR) is 102 cm³/mol. The molecule has 3 aliphatic rings. The van der Waals surface area contributed by atoms with Gasteiger partial charge in [-0.25, -0.2) is 0 Å². The molecule has 2 unspecified atom stereocenters. The van der Waals surface area contributed by atoms with Crippen LogP contribution in [-0.4, -0.2) is 78.9 Å². The number of ether oxygens (including phenoxy) is 1. The summed E-state index contributed by atoms with van der Waals surface area (Å²) in [5, 5.41) is 5.56. The summed E-state index contributed by atoms with van der Waals surface area (Å²) in [7, 11) is 1.66. The SMILES string of the molecule is COCC1CNCCN1Cc1cccc2c1C(=O)N(C1CCC(=O)NC1=O)C2=O. The van der Waals surface area contributed by atoms with E-state index in [0.717, 1.165) is 30.1 Å². The predicted octanol–water partition coefficient (Wildman–Crippen LogP) is -0.492. The molecule has 29 heavy (non-hydrogen) atoms. The number of imide groups is 2. The second-order valence-electron chi connectivity index (χ2n) is 7.57. The molecule has 0 bridgehead atoms. The van der Waals surface area contributed by atoms with Gasteiger partial charge in [-0.15, -0.1) is 0 Å². The average molecular weight is 400 g/mol. The zero-order valence-corrected chi connectivity index (χ0v) is 16.3. The first-order chi connectivity index (χ1) is 14.0. The summed E-state index contributed by atoms with van der Waals surface area (Å²) < 4.78 is 5.31. The number of piperidine rings is 1. The van der Waals surface area contributed by atoms with Gasteiger partial charge in [-0.2, -0.15) is 0 Å². The Morgan fingerprint density at radius 1 is 1.17 bits per heavy atom. The Balaban J connectivity index is 1.61. The molecule has 2 atom stereocenters. The van der Waals surface area contributed by atoms with E-state index in [2.05, 4.69) is 15.5 Å². The molecule has 4 amide bonds. The fourth-order valence-electron chi connectivity index (χ4n) is 4.30. The Morgan fingerprint density at radius 3 is 2.76 bits per heavy atom. The minimum atomic E-state index is -0.951. The second kappa shape index (κ2) is 8.02. The number of benzene rings is 1. The van der Waals surface area contributed by atoms with Crippen LogP contribution in [-0.2, 0) is 20.9 Å². The van der Waals surface area contributed by atoms with Gasteiger partial charge in [-0.3, -0.25) is 34.3 Å². The molecule has 1 aromatic rings. The molecule has 0 saturated carbocycles. The number of nitrogens with zero attached hydrogens (tertiary/aromatic N) is 2. The number of piperazine rings is 1. The van der Waals surface area contributed by atoms with Crippen molar-refractivity contribution in [2.75, 3.05) is 33.4 Å². The largest absolute Gasteiger partial charge is 0.383 e. The van der Waals surface area contributed by atoms with Gasteiger partial charge in [0.25, 0.3) is 11.8 Å². The molecule has 1 aromatic carbocycles. The summed E-state index contributed by atoms with van der Waals surface area (Å²) in [6.07, 6.45) is 0.259. The van der Waals surface area contributed by atoms with Crippen LogP contribution in [0.15, 0.2) is 18.2 Å². The molecule has 0 radical (unpaired) electrons. The van der Waals surface area contributed by atoms with Crippen LogP contribution >= 0.6 is 0 Å². The van der Waals surface area contributed by atoms with Crippen molar-refractivity contribution in [1.82, 2.24) is 20.4 Å². The van der Waals surface area contributed by atoms with E-state index >= 15 is 0 Å². The van der Waals surface area contributed by atoms with Gasteiger partial charge >= 0.3 is 0 Å². The molecule has 0 aromatic heterocycles. The lowest BCUT2D eigenvalue weighted by Crippen LogP contribution is -2.54. The van der Waals surface area contributed by atoms with Crippen LogP contribution in [0, 0.1) is 0 Å². The highest BCUT2D eigenvalue weighted by atomic mass is 16.5. The monoisotopic (exact) mass is 400 g/mol. The van der Waals surface area contributed by atoms with Gasteiger partial charge in [0, 0.05) is 45.8 Å². The highest BCUT2D eigenvalue weighted by molar-refractivity contribution is 6.24. The smallest absolute Gasteiger partial charge is 0.262 e. The van der Waals surface area contributed by atoms with E-state index in [1.165, 1.54) is 0 Å². The zero-order valence-electron chi connectivity index (χ0n) is 16.3. The minimum absolute atomic E-state index is 0.107. The Labute approximate surface area is 168 Å². The van der Waals surface area contributed by atoms with Crippen molar-refractivity contribution >= 4 is 23.6 Å². The van der Waals surface area contributed by atoms with Gasteiger partial charge in [0.15, 0.2) is 0 Å². The number of hydrogen-bond donors (Lipinski definition) is 2. The number of carbonyl (C=O) groups excluding carboxylic acids is 4. The van der Waals surface area contributed by atoms with Gasteiger partial charge in [-0.05, 0) is 18.1 Å². The van der Waals surface area contributed by atoms with Gasteiger partial charge in [0.05, 0.1) is 17.7 Å². The summed E-state index contributed by atoms with van der Waals surface area (Å²) in [4.78, 5) is 53.1. The summed E-state index contributed by atoms with van der Waals surface area (Å²) in [5.74, 6) is -1.92. The quantitative estimate of drug-likeness (QED) is 0.642. The maximum Gasteiger partial charge on any atom is 0.262 e. The van der Waals surface area contributed by atoms with Crippen LogP contribution < -0.4 is 10.6 Å². The number of rotatable bonds is 5. The highest BCUT2D eigenvalue weighted by Gasteiger charge is 2.45. The third-order valence-electron chi connectivity index (χ3n) is 5.76. The molecule has 4 rings (SSSR count). The summed E-state index contributed by atoms with van der Waals surface area (Å²) in [6, 6.07) is 4.46. The lowest BCUT2D eigenvalue weighted by atomic mass is 10.0. The standard InChI is InChI=1S/C20H24N4O5/c1-29-11-13-9-21-7-8-23(13)10-12-3-2-4-14-17(12)20(28)24(19(14)27)15-5-6-16(25)22-18(15)26/h2-4,13,15,21H,5-11H2,1H3,(H,22,25,26). The maximum absolute atomic E-state index is 13.2. The first-order valence-corrected chi connectivity index (χ1v) is 9.78. The maximum atomic E-state index is 13.2. The average Bonchev–Trinajstić information content (AvgIpc) is 2.95. The fraction of sp³-hybridized carbons (Fsp3) is 0.500. The third-order valence-corrected chi connectivity index (χ3v) is 5.76. The van der Waals surface area contributed by atoms with Crippen molar-refractivity contribution in [3.05, 3.63) is 34.9 Å². The first-order valence-electron chi connectivity index (χ1n) is 9.78. The third kappa shape index (κ3) is 3.57. The summed E-state index contributed by atoms with van der Waals surface area (Å²) >= 11 is 0. The van der Waals surface area contributed by atoms with Gasteiger partial charge < -0.3 is 10.1 Å². The van der Waals surface area contributed by atoms with E-state index in [1.54, 1.807) is 19.2 Å². The van der Waals surface area contributed by atoms with Crippen LogP contribution in [0.5, 0.6) is 0 Å². The number of hydrogen-bond acceptors (Lipinski definition) is 7. The zero-order chi connectivity index (χ0) is 20.5. The summed E-state index contributed by atoms with van der Waals surface area (Å²) in [5.41, 5.74) is 1.44. The van der Waals surface area contributed by atoms with Gasteiger partial charge in [0.2, 0.25) is 11.8 Å². The van der Waals surface area contributed by atoms with E-state index in [4.69, 9.17) is 4.74 Å². The molecule has 2 N–H and O–H groups in total. The van der Waals surface area contributed by atoms with E-state index in [0.29, 0.717) is 24.3 Å². The van der Waals surface area contributed by atoms with E-state index < -0.39 is 23.8 Å². The molecule has 3 aliphatic heterocycles. The van der Waals surface area contributed by atoms with Crippen LogP contribution in [0.25, 0.3) is 0 Å². The van der Waals surface area contributed by atoms with Crippen molar-refractivity contribution in [3.63, 3.8) is 0 Å². The highest BCUT2D eigenvalue weighted by Crippen LogP contribution is 2.30. The molecular formula is C20H24N4O5. The van der Waals surface area contributed by atoms with Gasteiger partial charge in [0.1, 0.15) is 6.04 Å². The van der Waals surface area contributed by atoms with E-state index in [-0.39, 0.29) is 24.8 Å².